The first-order valence-corrected chi connectivity index (χ1v) is 12.3. The Labute approximate surface area is 204 Å². The number of hydrogen-bond acceptors (Lipinski definition) is 2. The summed E-state index contributed by atoms with van der Waals surface area (Å²) >= 11 is 0. The second kappa shape index (κ2) is 12.1. The SMILES string of the molecule is Cc1ccc(-c2ccc(OCCCCCCOc3ccc(-c4ccc(C)cc4)cc3)cc2)cc1. The highest BCUT2D eigenvalue weighted by Crippen LogP contribution is 2.24. The van der Waals surface area contributed by atoms with Gasteiger partial charge in [-0.25, -0.2) is 0 Å². The lowest BCUT2D eigenvalue weighted by atomic mass is 10.0. The molecule has 0 heterocycles. The highest BCUT2D eigenvalue weighted by Gasteiger charge is 2.01. The Morgan fingerprint density at radius 2 is 0.676 bits per heavy atom. The molecule has 4 rings (SSSR count). The van der Waals surface area contributed by atoms with Gasteiger partial charge in [0.25, 0.3) is 0 Å². The summed E-state index contributed by atoms with van der Waals surface area (Å²) in [5, 5.41) is 0. The van der Waals surface area contributed by atoms with E-state index < -0.39 is 0 Å². The molecule has 0 saturated carbocycles. The fraction of sp³-hybridized carbons (Fsp3) is 0.250. The van der Waals surface area contributed by atoms with Crippen molar-refractivity contribution in [1.29, 1.82) is 0 Å². The molecule has 0 aliphatic rings. The minimum absolute atomic E-state index is 0.755. The monoisotopic (exact) mass is 450 g/mol. The van der Waals surface area contributed by atoms with Gasteiger partial charge in [0.1, 0.15) is 11.5 Å². The van der Waals surface area contributed by atoms with Crippen LogP contribution in [0.3, 0.4) is 0 Å². The van der Waals surface area contributed by atoms with Crippen LogP contribution in [0.25, 0.3) is 22.3 Å². The van der Waals surface area contributed by atoms with Crippen molar-refractivity contribution < 1.29 is 9.47 Å². The molecule has 0 fully saturated rings. The van der Waals surface area contributed by atoms with Crippen molar-refractivity contribution in [2.45, 2.75) is 39.5 Å². The molecule has 2 nitrogen and oxygen atoms in total. The van der Waals surface area contributed by atoms with Crippen molar-refractivity contribution in [3.05, 3.63) is 108 Å². The van der Waals surface area contributed by atoms with Crippen LogP contribution in [0.2, 0.25) is 0 Å². The second-order valence-corrected chi connectivity index (χ2v) is 8.89. The Hall–Kier alpha value is -3.52. The van der Waals surface area contributed by atoms with E-state index in [0.717, 1.165) is 50.4 Å². The van der Waals surface area contributed by atoms with Gasteiger partial charge in [0.2, 0.25) is 0 Å². The van der Waals surface area contributed by atoms with Gasteiger partial charge in [-0.15, -0.1) is 0 Å². The molecule has 4 aromatic rings. The van der Waals surface area contributed by atoms with Gasteiger partial charge in [-0.2, -0.15) is 0 Å². The van der Waals surface area contributed by atoms with Crippen LogP contribution in [-0.4, -0.2) is 13.2 Å². The van der Waals surface area contributed by atoms with E-state index >= 15 is 0 Å². The fourth-order valence-corrected chi connectivity index (χ4v) is 3.92. The Morgan fingerprint density at radius 1 is 0.382 bits per heavy atom. The minimum Gasteiger partial charge on any atom is -0.494 e. The summed E-state index contributed by atoms with van der Waals surface area (Å²) in [6.45, 7) is 5.73. The van der Waals surface area contributed by atoms with Gasteiger partial charge >= 0.3 is 0 Å². The van der Waals surface area contributed by atoms with E-state index in [0.29, 0.717) is 0 Å². The van der Waals surface area contributed by atoms with Crippen LogP contribution in [0.5, 0.6) is 11.5 Å². The lowest BCUT2D eigenvalue weighted by molar-refractivity contribution is 0.287. The molecule has 0 N–H and O–H groups in total. The molecule has 34 heavy (non-hydrogen) atoms. The molecule has 0 atom stereocenters. The molecule has 0 bridgehead atoms. The van der Waals surface area contributed by atoms with E-state index in [2.05, 4.69) is 111 Å². The zero-order valence-electron chi connectivity index (χ0n) is 20.3. The van der Waals surface area contributed by atoms with Gasteiger partial charge in [0.15, 0.2) is 0 Å². The molecule has 0 saturated heterocycles. The van der Waals surface area contributed by atoms with Crippen molar-refractivity contribution in [3.63, 3.8) is 0 Å². The Kier molecular flexibility index (Phi) is 8.40. The van der Waals surface area contributed by atoms with Gasteiger partial charge in [0, 0.05) is 0 Å². The molecule has 0 unspecified atom stereocenters. The quantitative estimate of drug-likeness (QED) is 0.213. The number of aryl methyl sites for hydroxylation is 2. The lowest BCUT2D eigenvalue weighted by Crippen LogP contribution is -2.00. The summed E-state index contributed by atoms with van der Waals surface area (Å²) in [7, 11) is 0. The molecule has 4 aromatic carbocycles. The average molecular weight is 451 g/mol. The summed E-state index contributed by atoms with van der Waals surface area (Å²) < 4.78 is 11.8. The van der Waals surface area contributed by atoms with Crippen molar-refractivity contribution in [2.75, 3.05) is 13.2 Å². The van der Waals surface area contributed by atoms with E-state index in [-0.39, 0.29) is 0 Å². The summed E-state index contributed by atoms with van der Waals surface area (Å²) in [6, 6.07) is 34.0. The van der Waals surface area contributed by atoms with Crippen molar-refractivity contribution in [3.8, 4) is 33.8 Å². The number of ether oxygens (including phenoxy) is 2. The van der Waals surface area contributed by atoms with Crippen LogP contribution < -0.4 is 9.47 Å². The Balaban J connectivity index is 1.08. The molecular weight excluding hydrogens is 416 g/mol. The van der Waals surface area contributed by atoms with Crippen LogP contribution in [0.1, 0.15) is 36.8 Å². The fourth-order valence-electron chi connectivity index (χ4n) is 3.92. The topological polar surface area (TPSA) is 18.5 Å². The average Bonchev–Trinajstić information content (AvgIpc) is 2.87. The van der Waals surface area contributed by atoms with Crippen molar-refractivity contribution in [2.24, 2.45) is 0 Å². The molecule has 2 heteroatoms. The summed E-state index contributed by atoms with van der Waals surface area (Å²) in [5.74, 6) is 1.88. The predicted molar refractivity (Wildman–Crippen MR) is 143 cm³/mol. The summed E-state index contributed by atoms with van der Waals surface area (Å²) in [4.78, 5) is 0. The van der Waals surface area contributed by atoms with Gasteiger partial charge in [-0.3, -0.25) is 0 Å². The molecule has 0 aromatic heterocycles. The van der Waals surface area contributed by atoms with Crippen LogP contribution in [0.4, 0.5) is 0 Å². The largest absolute Gasteiger partial charge is 0.494 e. The highest BCUT2D eigenvalue weighted by atomic mass is 16.5. The first kappa shape index (κ1) is 23.6. The number of hydrogen-bond donors (Lipinski definition) is 0. The minimum atomic E-state index is 0.755. The molecule has 174 valence electrons. The zero-order valence-corrected chi connectivity index (χ0v) is 20.3. The molecular formula is C32H34O2. The highest BCUT2D eigenvalue weighted by molar-refractivity contribution is 5.65. The molecule has 0 aliphatic carbocycles. The first-order chi connectivity index (χ1) is 16.7. The maximum atomic E-state index is 5.91. The van der Waals surface area contributed by atoms with E-state index in [4.69, 9.17) is 9.47 Å². The standard InChI is InChI=1S/C32H34O2/c1-25-7-11-27(12-8-25)29-15-19-31(20-16-29)33-23-5-3-4-6-24-34-32-21-17-30(18-22-32)28-13-9-26(2)10-14-28/h7-22H,3-6,23-24H2,1-2H3. The zero-order chi connectivity index (χ0) is 23.6. The molecule has 0 aliphatic heterocycles. The second-order valence-electron chi connectivity index (χ2n) is 8.89. The van der Waals surface area contributed by atoms with Crippen LogP contribution >= 0.6 is 0 Å². The molecule has 0 amide bonds. The van der Waals surface area contributed by atoms with Gasteiger partial charge in [-0.05, 0) is 86.1 Å². The maximum absolute atomic E-state index is 5.91. The third kappa shape index (κ3) is 6.99. The van der Waals surface area contributed by atoms with Crippen LogP contribution in [-0.2, 0) is 0 Å². The number of benzene rings is 4. The van der Waals surface area contributed by atoms with E-state index in [1.807, 2.05) is 0 Å². The van der Waals surface area contributed by atoms with Gasteiger partial charge in [-0.1, -0.05) is 83.9 Å². The summed E-state index contributed by atoms with van der Waals surface area (Å²) in [6.07, 6.45) is 4.42. The molecule has 0 spiro atoms. The normalized spacial score (nSPS) is 10.8. The van der Waals surface area contributed by atoms with E-state index in [1.54, 1.807) is 0 Å². The Bertz CT molecular complexity index is 1030. The van der Waals surface area contributed by atoms with E-state index in [1.165, 1.54) is 33.4 Å². The lowest BCUT2D eigenvalue weighted by Gasteiger charge is -2.09. The molecule has 0 radical (unpaired) electrons. The van der Waals surface area contributed by atoms with Gasteiger partial charge < -0.3 is 9.47 Å². The van der Waals surface area contributed by atoms with Crippen LogP contribution in [0, 0.1) is 13.8 Å². The van der Waals surface area contributed by atoms with Crippen molar-refractivity contribution in [1.82, 2.24) is 0 Å². The number of unbranched alkanes of at least 4 members (excludes halogenated alkanes) is 3. The third-order valence-corrected chi connectivity index (χ3v) is 6.05. The van der Waals surface area contributed by atoms with Gasteiger partial charge in [0.05, 0.1) is 13.2 Å². The Morgan fingerprint density at radius 3 is 1.00 bits per heavy atom. The first-order valence-electron chi connectivity index (χ1n) is 12.3. The number of rotatable bonds is 11. The van der Waals surface area contributed by atoms with Crippen molar-refractivity contribution >= 4 is 0 Å². The summed E-state index contributed by atoms with van der Waals surface area (Å²) in [5.41, 5.74) is 7.48. The van der Waals surface area contributed by atoms with Crippen LogP contribution in [0.15, 0.2) is 97.1 Å². The smallest absolute Gasteiger partial charge is 0.119 e. The van der Waals surface area contributed by atoms with E-state index in [9.17, 15) is 0 Å². The maximum Gasteiger partial charge on any atom is 0.119 e. The third-order valence-electron chi connectivity index (χ3n) is 6.05. The predicted octanol–water partition coefficient (Wildman–Crippen LogP) is 8.66.